The number of rotatable bonds is 7. The highest BCUT2D eigenvalue weighted by Crippen LogP contribution is 2.34. The number of hydrogen-bond donors (Lipinski definition) is 3. The van der Waals surface area contributed by atoms with E-state index in [1.165, 1.54) is 5.56 Å². The number of nitrogen functional groups attached to an aromatic ring is 1. The Morgan fingerprint density at radius 1 is 1.10 bits per heavy atom. The largest absolute Gasteiger partial charge is 0.325 e. The molecule has 1 saturated heterocycles. The second-order valence-corrected chi connectivity index (χ2v) is 8.35. The van der Waals surface area contributed by atoms with Crippen molar-refractivity contribution in [2.75, 3.05) is 18.5 Å². The summed E-state index contributed by atoms with van der Waals surface area (Å²) >= 11 is 1.60. The van der Waals surface area contributed by atoms with E-state index in [4.69, 9.17) is 11.6 Å². The number of benzene rings is 2. The third-order valence-corrected chi connectivity index (χ3v) is 6.09. The molecule has 5 N–H and O–H groups in total. The fourth-order valence-electron chi connectivity index (χ4n) is 3.52. The molecule has 0 spiro atoms. The van der Waals surface area contributed by atoms with Gasteiger partial charge in [-0.05, 0) is 60.2 Å². The molecule has 0 aliphatic carbocycles. The van der Waals surface area contributed by atoms with E-state index in [2.05, 4.69) is 39.0 Å². The van der Waals surface area contributed by atoms with Crippen molar-refractivity contribution in [1.29, 1.82) is 0 Å². The van der Waals surface area contributed by atoms with Crippen LogP contribution >= 0.6 is 11.9 Å². The van der Waals surface area contributed by atoms with Gasteiger partial charge in [-0.2, -0.15) is 0 Å². The van der Waals surface area contributed by atoms with Gasteiger partial charge in [0.25, 0.3) is 0 Å². The number of hydrogen-bond acceptors (Lipinski definition) is 6. The molecule has 7 heteroatoms. The van der Waals surface area contributed by atoms with Crippen LogP contribution in [0.3, 0.4) is 0 Å². The van der Waals surface area contributed by atoms with Crippen LogP contribution in [0, 0.1) is 11.7 Å². The standard InChI is InChI=1S/C22H24FN5S/c23-19-11-17(29-28-13-16(14-28)10-15-4-2-1-3-5-15)6-7-18(19)20-8-9-21(27-25)22(12-24)26-20/h1-9,11,16,27H,10,12-14,24-25H2. The fourth-order valence-corrected chi connectivity index (χ4v) is 4.68. The SMILES string of the molecule is NCc1nc(-c2ccc(SN3CC(Cc4ccccc4)C3)cc2F)ccc1NN. The number of pyridine rings is 1. The van der Waals surface area contributed by atoms with Crippen LogP contribution in [0.25, 0.3) is 11.3 Å². The Balaban J connectivity index is 1.38. The van der Waals surface area contributed by atoms with Gasteiger partial charge in [-0.1, -0.05) is 30.3 Å². The zero-order valence-corrected chi connectivity index (χ0v) is 16.8. The van der Waals surface area contributed by atoms with E-state index in [9.17, 15) is 4.39 Å². The highest BCUT2D eigenvalue weighted by Gasteiger charge is 2.27. The average molecular weight is 410 g/mol. The van der Waals surface area contributed by atoms with E-state index in [0.717, 1.165) is 24.4 Å². The monoisotopic (exact) mass is 409 g/mol. The lowest BCUT2D eigenvalue weighted by Gasteiger charge is -2.38. The number of nitrogens with two attached hydrogens (primary N) is 2. The molecule has 5 nitrogen and oxygen atoms in total. The van der Waals surface area contributed by atoms with E-state index in [-0.39, 0.29) is 12.4 Å². The highest BCUT2D eigenvalue weighted by atomic mass is 32.2. The summed E-state index contributed by atoms with van der Waals surface area (Å²) < 4.78 is 17.0. The Labute approximate surface area is 174 Å². The molecule has 1 aliphatic rings. The Hall–Kier alpha value is -2.45. The lowest BCUT2D eigenvalue weighted by Crippen LogP contribution is -2.42. The van der Waals surface area contributed by atoms with Crippen molar-refractivity contribution in [2.45, 2.75) is 17.9 Å². The lowest BCUT2D eigenvalue weighted by atomic mass is 9.94. The molecule has 2 aromatic carbocycles. The molecule has 0 bridgehead atoms. The molecule has 0 amide bonds. The summed E-state index contributed by atoms with van der Waals surface area (Å²) in [6, 6.07) is 19.3. The van der Waals surface area contributed by atoms with Gasteiger partial charge in [0.15, 0.2) is 0 Å². The highest BCUT2D eigenvalue weighted by molar-refractivity contribution is 7.97. The lowest BCUT2D eigenvalue weighted by molar-refractivity contribution is 0.219. The minimum atomic E-state index is -0.291. The van der Waals surface area contributed by atoms with Gasteiger partial charge < -0.3 is 11.2 Å². The second kappa shape index (κ2) is 8.92. The fraction of sp³-hybridized carbons (Fsp3) is 0.227. The van der Waals surface area contributed by atoms with Crippen LogP contribution in [0.1, 0.15) is 11.3 Å². The minimum absolute atomic E-state index is 0.224. The number of anilines is 1. The van der Waals surface area contributed by atoms with Gasteiger partial charge in [-0.3, -0.25) is 5.84 Å². The second-order valence-electron chi connectivity index (χ2n) is 7.17. The van der Waals surface area contributed by atoms with Crippen molar-refractivity contribution in [3.63, 3.8) is 0 Å². The average Bonchev–Trinajstić information content (AvgIpc) is 2.72. The zero-order chi connectivity index (χ0) is 20.2. The summed E-state index contributed by atoms with van der Waals surface area (Å²) in [4.78, 5) is 5.33. The first-order chi connectivity index (χ1) is 14.2. The predicted molar refractivity (Wildman–Crippen MR) is 116 cm³/mol. The molecular formula is C22H24FN5S. The van der Waals surface area contributed by atoms with Crippen LogP contribution < -0.4 is 17.0 Å². The molecule has 0 saturated carbocycles. The molecule has 29 heavy (non-hydrogen) atoms. The molecule has 1 fully saturated rings. The molecule has 1 aromatic heterocycles. The third kappa shape index (κ3) is 4.59. The molecule has 0 radical (unpaired) electrons. The van der Waals surface area contributed by atoms with Crippen LogP contribution in [0.2, 0.25) is 0 Å². The van der Waals surface area contributed by atoms with Gasteiger partial charge >= 0.3 is 0 Å². The Morgan fingerprint density at radius 3 is 2.59 bits per heavy atom. The van der Waals surface area contributed by atoms with Crippen LogP contribution in [-0.4, -0.2) is 22.4 Å². The Morgan fingerprint density at radius 2 is 1.90 bits per heavy atom. The summed E-state index contributed by atoms with van der Waals surface area (Å²) in [7, 11) is 0. The van der Waals surface area contributed by atoms with Crippen molar-refractivity contribution in [1.82, 2.24) is 9.29 Å². The summed E-state index contributed by atoms with van der Waals surface area (Å²) in [5, 5.41) is 0. The summed E-state index contributed by atoms with van der Waals surface area (Å²) in [5.41, 5.74) is 11.9. The van der Waals surface area contributed by atoms with Gasteiger partial charge in [0.2, 0.25) is 0 Å². The zero-order valence-electron chi connectivity index (χ0n) is 16.0. The predicted octanol–water partition coefficient (Wildman–Crippen LogP) is 3.81. The maximum absolute atomic E-state index is 14.7. The van der Waals surface area contributed by atoms with Gasteiger partial charge in [0, 0.05) is 30.1 Å². The number of nitrogens with one attached hydrogen (secondary N) is 1. The van der Waals surface area contributed by atoms with E-state index in [1.54, 1.807) is 36.2 Å². The van der Waals surface area contributed by atoms with Crippen molar-refractivity contribution in [3.8, 4) is 11.3 Å². The molecule has 1 aliphatic heterocycles. The van der Waals surface area contributed by atoms with E-state index in [0.29, 0.717) is 28.6 Å². The maximum atomic E-state index is 14.7. The molecular weight excluding hydrogens is 385 g/mol. The normalized spacial score (nSPS) is 14.6. The van der Waals surface area contributed by atoms with E-state index < -0.39 is 0 Å². The quantitative estimate of drug-likeness (QED) is 0.313. The van der Waals surface area contributed by atoms with E-state index in [1.807, 2.05) is 12.1 Å². The van der Waals surface area contributed by atoms with Crippen molar-refractivity contribution < 1.29 is 4.39 Å². The first-order valence-electron chi connectivity index (χ1n) is 9.59. The van der Waals surface area contributed by atoms with Crippen LogP contribution in [-0.2, 0) is 13.0 Å². The van der Waals surface area contributed by atoms with Crippen LogP contribution in [0.4, 0.5) is 10.1 Å². The van der Waals surface area contributed by atoms with Gasteiger partial charge in [0.1, 0.15) is 5.82 Å². The molecule has 0 unspecified atom stereocenters. The third-order valence-electron chi connectivity index (χ3n) is 5.06. The molecule has 4 rings (SSSR count). The molecule has 150 valence electrons. The summed E-state index contributed by atoms with van der Waals surface area (Å²) in [6.07, 6.45) is 1.09. The number of aromatic nitrogens is 1. The smallest absolute Gasteiger partial charge is 0.133 e. The summed E-state index contributed by atoms with van der Waals surface area (Å²) in [6.45, 7) is 2.25. The van der Waals surface area contributed by atoms with Gasteiger partial charge in [-0.25, -0.2) is 13.7 Å². The van der Waals surface area contributed by atoms with Crippen molar-refractivity contribution in [2.24, 2.45) is 17.5 Å². The van der Waals surface area contributed by atoms with E-state index >= 15 is 0 Å². The topological polar surface area (TPSA) is 80.2 Å². The van der Waals surface area contributed by atoms with Crippen LogP contribution in [0.15, 0.2) is 65.6 Å². The molecule has 3 aromatic rings. The van der Waals surface area contributed by atoms with Gasteiger partial charge in [-0.15, -0.1) is 0 Å². The number of nitrogens with zero attached hydrogens (tertiary/aromatic N) is 2. The summed E-state index contributed by atoms with van der Waals surface area (Å²) in [5.74, 6) is 5.82. The minimum Gasteiger partial charge on any atom is -0.325 e. The first-order valence-corrected chi connectivity index (χ1v) is 10.4. The van der Waals surface area contributed by atoms with Crippen LogP contribution in [0.5, 0.6) is 0 Å². The molecule has 0 atom stereocenters. The Bertz CT molecular complexity index is 976. The van der Waals surface area contributed by atoms with Gasteiger partial charge in [0.05, 0.1) is 17.1 Å². The van der Waals surface area contributed by atoms with Crippen molar-refractivity contribution >= 4 is 17.6 Å². The Kier molecular flexibility index (Phi) is 6.10. The number of hydrazine groups is 1. The first kappa shape index (κ1) is 19.8. The number of halogens is 1. The van der Waals surface area contributed by atoms with Crippen molar-refractivity contribution in [3.05, 3.63) is 77.7 Å². The maximum Gasteiger partial charge on any atom is 0.133 e. The molecule has 2 heterocycles.